The van der Waals surface area contributed by atoms with Gasteiger partial charge in [0.05, 0.1) is 11.6 Å². The molecule has 0 unspecified atom stereocenters. The largest absolute Gasteiger partial charge is 0.482 e. The molecular formula is C39H45N3O8. The number of likely N-dealkylation sites (tertiary alicyclic amines) is 1. The number of rotatable bonds is 11. The molecule has 2 atom stereocenters. The third-order valence-corrected chi connectivity index (χ3v) is 9.29. The van der Waals surface area contributed by atoms with Crippen LogP contribution in [0.1, 0.15) is 57.9 Å². The summed E-state index contributed by atoms with van der Waals surface area (Å²) in [5.41, 5.74) is 3.43. The van der Waals surface area contributed by atoms with Crippen LogP contribution in [0.4, 0.5) is 16.2 Å². The Morgan fingerprint density at radius 3 is 2.48 bits per heavy atom. The van der Waals surface area contributed by atoms with Crippen LogP contribution in [0.5, 0.6) is 11.5 Å². The zero-order valence-electron chi connectivity index (χ0n) is 29.1. The van der Waals surface area contributed by atoms with Gasteiger partial charge in [0, 0.05) is 45.1 Å². The van der Waals surface area contributed by atoms with E-state index in [2.05, 4.69) is 6.07 Å². The molecule has 3 aromatic carbocycles. The first-order valence-electron chi connectivity index (χ1n) is 17.2. The molecule has 2 aliphatic heterocycles. The topological polar surface area (TPSA) is 115 Å². The fourth-order valence-corrected chi connectivity index (χ4v) is 6.83. The van der Waals surface area contributed by atoms with Gasteiger partial charge in [0.2, 0.25) is 5.91 Å². The molecule has 0 N–H and O–H groups in total. The van der Waals surface area contributed by atoms with Crippen molar-refractivity contribution in [1.29, 1.82) is 0 Å². The normalized spacial score (nSPS) is 18.9. The SMILES string of the molecule is COCCCN1C(=O)COc2ccc(N(C(=O)[C@H]3CN(C(=O)OC(C)(C)C)CC[C@@H]3c3cccc(-c4cccc(OC=O)c4)c3)C3CC3)cc21. The minimum Gasteiger partial charge on any atom is -0.482 e. The second kappa shape index (κ2) is 14.9. The minimum atomic E-state index is -0.679. The van der Waals surface area contributed by atoms with Gasteiger partial charge in [0.25, 0.3) is 12.4 Å². The standard InChI is InChI=1S/C39H45N3O8/c1-39(2,3)50-38(46)40-18-16-32(28-10-5-8-26(20-28)27-9-6-11-31(21-27)49-25-43)33(23-40)37(45)42(29-12-13-29)30-14-15-35-34(22-30)41(17-7-19-47-4)36(44)24-48-35/h5-6,8-11,14-15,20-22,25,29,32-33H,7,12-13,16-19,23-24H2,1-4H3/t32-,33+/m1/s1. The van der Waals surface area contributed by atoms with Gasteiger partial charge in [0.15, 0.2) is 6.61 Å². The number of benzene rings is 3. The number of carbonyl (C=O) groups is 4. The smallest absolute Gasteiger partial charge is 0.410 e. The maximum Gasteiger partial charge on any atom is 0.410 e. The van der Waals surface area contributed by atoms with Gasteiger partial charge >= 0.3 is 6.09 Å². The summed E-state index contributed by atoms with van der Waals surface area (Å²) >= 11 is 0. The monoisotopic (exact) mass is 683 g/mol. The summed E-state index contributed by atoms with van der Waals surface area (Å²) in [6, 6.07) is 21.0. The third kappa shape index (κ3) is 7.94. The first-order chi connectivity index (χ1) is 24.1. The van der Waals surface area contributed by atoms with Crippen LogP contribution in [0.2, 0.25) is 0 Å². The van der Waals surface area contributed by atoms with Gasteiger partial charge < -0.3 is 33.6 Å². The van der Waals surface area contributed by atoms with E-state index >= 15 is 0 Å². The summed E-state index contributed by atoms with van der Waals surface area (Å²) in [6.45, 7) is 7.49. The van der Waals surface area contributed by atoms with Crippen LogP contribution in [0.25, 0.3) is 11.1 Å². The Labute approximate surface area is 293 Å². The van der Waals surface area contributed by atoms with E-state index in [0.717, 1.165) is 29.5 Å². The number of amides is 3. The first kappa shape index (κ1) is 34.9. The van der Waals surface area contributed by atoms with Crippen LogP contribution in [0.3, 0.4) is 0 Å². The summed E-state index contributed by atoms with van der Waals surface area (Å²) in [5.74, 6) is 0.0645. The summed E-state index contributed by atoms with van der Waals surface area (Å²) < 4.78 is 21.8. The summed E-state index contributed by atoms with van der Waals surface area (Å²) in [4.78, 5) is 57.5. The fourth-order valence-electron chi connectivity index (χ4n) is 6.83. The average Bonchev–Trinajstić information content (AvgIpc) is 3.94. The maximum atomic E-state index is 15.0. The van der Waals surface area contributed by atoms with E-state index in [1.54, 1.807) is 29.0 Å². The number of methoxy groups -OCH3 is 1. The molecule has 11 heteroatoms. The lowest BCUT2D eigenvalue weighted by Gasteiger charge is -2.41. The summed E-state index contributed by atoms with van der Waals surface area (Å²) in [7, 11) is 1.63. The molecule has 0 bridgehead atoms. The zero-order chi connectivity index (χ0) is 35.4. The summed E-state index contributed by atoms with van der Waals surface area (Å²) in [5, 5.41) is 0. The van der Waals surface area contributed by atoms with Gasteiger partial charge in [-0.25, -0.2) is 4.79 Å². The second-order valence-corrected chi connectivity index (χ2v) is 14.1. The highest BCUT2D eigenvalue weighted by molar-refractivity contribution is 6.01. The molecule has 2 heterocycles. The van der Waals surface area contributed by atoms with Crippen molar-refractivity contribution >= 4 is 35.8 Å². The van der Waals surface area contributed by atoms with Gasteiger partial charge in [-0.05, 0) is 99.4 Å². The Hall–Kier alpha value is -4.90. The molecule has 11 nitrogen and oxygen atoms in total. The lowest BCUT2D eigenvalue weighted by molar-refractivity contribution is -0.125. The Morgan fingerprint density at radius 1 is 1.00 bits per heavy atom. The molecule has 6 rings (SSSR count). The predicted molar refractivity (Wildman–Crippen MR) is 189 cm³/mol. The number of hydrogen-bond donors (Lipinski definition) is 0. The van der Waals surface area contributed by atoms with Crippen molar-refractivity contribution < 1.29 is 38.1 Å². The third-order valence-electron chi connectivity index (χ3n) is 9.29. The number of ether oxygens (including phenoxy) is 4. The number of carbonyl (C=O) groups excluding carboxylic acids is 4. The molecular weight excluding hydrogens is 638 g/mol. The van der Waals surface area contributed by atoms with E-state index in [4.69, 9.17) is 18.9 Å². The van der Waals surface area contributed by atoms with Crippen molar-refractivity contribution in [3.63, 3.8) is 0 Å². The molecule has 0 radical (unpaired) electrons. The molecule has 3 amide bonds. The van der Waals surface area contributed by atoms with Crippen LogP contribution in [-0.2, 0) is 23.9 Å². The highest BCUT2D eigenvalue weighted by atomic mass is 16.6. The number of fused-ring (bicyclic) bond motifs is 1. The van der Waals surface area contributed by atoms with Gasteiger partial charge in [-0.3, -0.25) is 14.4 Å². The highest BCUT2D eigenvalue weighted by Crippen LogP contribution is 2.43. The van der Waals surface area contributed by atoms with Crippen LogP contribution in [0, 0.1) is 5.92 Å². The molecule has 1 aliphatic carbocycles. The van der Waals surface area contributed by atoms with E-state index < -0.39 is 17.6 Å². The van der Waals surface area contributed by atoms with Crippen molar-refractivity contribution in [2.45, 2.75) is 64.0 Å². The lowest BCUT2D eigenvalue weighted by Crippen LogP contribution is -2.51. The van der Waals surface area contributed by atoms with Crippen LogP contribution in [-0.4, -0.2) is 80.9 Å². The number of nitrogens with zero attached hydrogens (tertiary/aromatic N) is 3. The molecule has 2 fully saturated rings. The number of anilines is 2. The van der Waals surface area contributed by atoms with Crippen molar-refractivity contribution in [3.8, 4) is 22.6 Å². The molecule has 264 valence electrons. The Balaban J connectivity index is 1.35. The number of piperidine rings is 1. The first-order valence-corrected chi connectivity index (χ1v) is 17.2. The molecule has 0 aromatic heterocycles. The molecule has 50 heavy (non-hydrogen) atoms. The molecule has 1 saturated heterocycles. The van der Waals surface area contributed by atoms with Gasteiger partial charge in [-0.2, -0.15) is 0 Å². The van der Waals surface area contributed by atoms with E-state index in [1.807, 2.05) is 74.2 Å². The molecule has 1 saturated carbocycles. The second-order valence-electron chi connectivity index (χ2n) is 14.1. The van der Waals surface area contributed by atoms with Crippen molar-refractivity contribution in [2.75, 3.05) is 49.8 Å². The van der Waals surface area contributed by atoms with E-state index in [-0.39, 0.29) is 36.9 Å². The maximum absolute atomic E-state index is 15.0. The van der Waals surface area contributed by atoms with E-state index in [1.165, 1.54) is 0 Å². The predicted octanol–water partition coefficient (Wildman–Crippen LogP) is 6.19. The van der Waals surface area contributed by atoms with Crippen LogP contribution >= 0.6 is 0 Å². The Morgan fingerprint density at radius 2 is 1.76 bits per heavy atom. The Kier molecular flexibility index (Phi) is 10.4. The molecule has 3 aliphatic rings. The fraction of sp³-hybridized carbons (Fsp3) is 0.436. The van der Waals surface area contributed by atoms with Gasteiger partial charge in [0.1, 0.15) is 17.1 Å². The average molecular weight is 684 g/mol. The van der Waals surface area contributed by atoms with E-state index in [9.17, 15) is 19.2 Å². The zero-order valence-corrected chi connectivity index (χ0v) is 29.1. The number of hydrogen-bond acceptors (Lipinski definition) is 8. The van der Waals surface area contributed by atoms with Crippen LogP contribution in [0.15, 0.2) is 66.7 Å². The van der Waals surface area contributed by atoms with Gasteiger partial charge in [-0.1, -0.05) is 36.4 Å². The minimum absolute atomic E-state index is 0.00662. The highest BCUT2D eigenvalue weighted by Gasteiger charge is 2.44. The summed E-state index contributed by atoms with van der Waals surface area (Å²) in [6.07, 6.45) is 2.50. The molecule has 0 spiro atoms. The lowest BCUT2D eigenvalue weighted by atomic mass is 9.78. The molecule has 3 aromatic rings. The van der Waals surface area contributed by atoms with Crippen LogP contribution < -0.4 is 19.3 Å². The quantitative estimate of drug-likeness (QED) is 0.174. The Bertz CT molecular complexity index is 1730. The van der Waals surface area contributed by atoms with Crippen molar-refractivity contribution in [1.82, 2.24) is 4.90 Å². The van der Waals surface area contributed by atoms with Crippen molar-refractivity contribution in [3.05, 3.63) is 72.3 Å². The van der Waals surface area contributed by atoms with Gasteiger partial charge in [-0.15, -0.1) is 0 Å². The van der Waals surface area contributed by atoms with E-state index in [0.29, 0.717) is 61.9 Å². The van der Waals surface area contributed by atoms with Crippen molar-refractivity contribution in [2.24, 2.45) is 5.92 Å².